The van der Waals surface area contributed by atoms with Gasteiger partial charge in [0.15, 0.2) is 9.84 Å². The quantitative estimate of drug-likeness (QED) is 0.733. The molecule has 10 heteroatoms. The first kappa shape index (κ1) is 20.9. The van der Waals surface area contributed by atoms with Gasteiger partial charge in [-0.25, -0.2) is 12.8 Å². The van der Waals surface area contributed by atoms with Crippen LogP contribution in [0.2, 0.25) is 0 Å². The SMILES string of the molecule is O=C(CN1CCCC(c2nc(-c3ccc(F)cc3)no2)C1)NCC1CCS(=O)(=O)C1. The lowest BCUT2D eigenvalue weighted by molar-refractivity contribution is -0.122. The second-order valence-electron chi connectivity index (χ2n) is 8.11. The number of hydrogen-bond acceptors (Lipinski definition) is 7. The van der Waals surface area contributed by atoms with Crippen LogP contribution in [0.5, 0.6) is 0 Å². The van der Waals surface area contributed by atoms with Crippen molar-refractivity contribution in [1.82, 2.24) is 20.4 Å². The van der Waals surface area contributed by atoms with Crippen molar-refractivity contribution in [3.8, 4) is 11.4 Å². The third-order valence-corrected chi connectivity index (χ3v) is 7.52. The summed E-state index contributed by atoms with van der Waals surface area (Å²) in [5, 5.41) is 6.87. The molecule has 3 heterocycles. The number of carbonyl (C=O) groups is 1. The average molecular weight is 437 g/mol. The first-order valence-corrected chi connectivity index (χ1v) is 12.0. The Labute approximate surface area is 174 Å². The Hall–Kier alpha value is -2.33. The Morgan fingerprint density at radius 2 is 2.07 bits per heavy atom. The van der Waals surface area contributed by atoms with E-state index < -0.39 is 9.84 Å². The summed E-state index contributed by atoms with van der Waals surface area (Å²) < 4.78 is 41.6. The number of carbonyl (C=O) groups excluding carboxylic acids is 1. The van der Waals surface area contributed by atoms with Crippen molar-refractivity contribution in [1.29, 1.82) is 0 Å². The van der Waals surface area contributed by atoms with Gasteiger partial charge in [0.05, 0.1) is 24.0 Å². The topological polar surface area (TPSA) is 105 Å². The molecule has 4 rings (SSSR count). The van der Waals surface area contributed by atoms with Gasteiger partial charge < -0.3 is 9.84 Å². The van der Waals surface area contributed by atoms with Crippen LogP contribution in [0.3, 0.4) is 0 Å². The van der Waals surface area contributed by atoms with Crippen molar-refractivity contribution in [2.75, 3.05) is 37.7 Å². The van der Waals surface area contributed by atoms with Crippen LogP contribution in [0.25, 0.3) is 11.4 Å². The van der Waals surface area contributed by atoms with Crippen molar-refractivity contribution < 1.29 is 22.1 Å². The zero-order valence-electron chi connectivity index (χ0n) is 16.6. The van der Waals surface area contributed by atoms with E-state index in [1.807, 2.05) is 0 Å². The number of aromatic nitrogens is 2. The summed E-state index contributed by atoms with van der Waals surface area (Å²) in [5.74, 6) is 0.945. The summed E-state index contributed by atoms with van der Waals surface area (Å²) in [7, 11) is -2.93. The number of amides is 1. The lowest BCUT2D eigenvalue weighted by Gasteiger charge is -2.30. The molecule has 2 unspecified atom stereocenters. The molecule has 0 radical (unpaired) electrons. The number of halogens is 1. The number of rotatable bonds is 6. The Bertz CT molecular complexity index is 992. The predicted octanol–water partition coefficient (Wildman–Crippen LogP) is 1.61. The van der Waals surface area contributed by atoms with Crippen molar-refractivity contribution in [3.63, 3.8) is 0 Å². The van der Waals surface area contributed by atoms with E-state index in [-0.39, 0.29) is 41.6 Å². The van der Waals surface area contributed by atoms with E-state index in [0.717, 1.165) is 19.4 Å². The first-order chi connectivity index (χ1) is 14.4. The van der Waals surface area contributed by atoms with Gasteiger partial charge in [0.1, 0.15) is 5.82 Å². The molecule has 0 spiro atoms. The third kappa shape index (κ3) is 5.23. The van der Waals surface area contributed by atoms with E-state index in [1.165, 1.54) is 12.1 Å². The van der Waals surface area contributed by atoms with Crippen LogP contribution in [0, 0.1) is 11.7 Å². The standard InChI is InChI=1S/C20H25FN4O4S/c21-17-5-3-15(4-6-17)19-23-20(29-24-19)16-2-1-8-25(11-16)12-18(26)22-10-14-7-9-30(27,28)13-14/h3-6,14,16H,1-2,7-13H2,(H,22,26). The molecule has 2 atom stereocenters. The van der Waals surface area contributed by atoms with E-state index in [0.29, 0.717) is 36.8 Å². The number of nitrogens with one attached hydrogen (secondary N) is 1. The maximum atomic E-state index is 13.1. The van der Waals surface area contributed by atoms with Crippen LogP contribution in [0.4, 0.5) is 4.39 Å². The maximum absolute atomic E-state index is 13.1. The van der Waals surface area contributed by atoms with E-state index in [9.17, 15) is 17.6 Å². The number of benzene rings is 1. The van der Waals surface area contributed by atoms with Crippen molar-refractivity contribution in [2.24, 2.45) is 5.92 Å². The largest absolute Gasteiger partial charge is 0.355 e. The van der Waals surface area contributed by atoms with Gasteiger partial charge in [-0.1, -0.05) is 5.16 Å². The summed E-state index contributed by atoms with van der Waals surface area (Å²) >= 11 is 0. The second-order valence-corrected chi connectivity index (χ2v) is 10.3. The molecule has 1 amide bonds. The maximum Gasteiger partial charge on any atom is 0.234 e. The van der Waals surface area contributed by atoms with Gasteiger partial charge in [-0.3, -0.25) is 9.69 Å². The fourth-order valence-corrected chi connectivity index (χ4v) is 5.93. The van der Waals surface area contributed by atoms with Crippen LogP contribution in [0.15, 0.2) is 28.8 Å². The fourth-order valence-electron chi connectivity index (χ4n) is 4.07. The molecule has 2 aliphatic heterocycles. The average Bonchev–Trinajstić information content (AvgIpc) is 3.34. The zero-order valence-corrected chi connectivity index (χ0v) is 17.4. The number of piperidine rings is 1. The van der Waals surface area contributed by atoms with Crippen molar-refractivity contribution >= 4 is 15.7 Å². The summed E-state index contributed by atoms with van der Waals surface area (Å²) in [5.41, 5.74) is 0.687. The van der Waals surface area contributed by atoms with E-state index in [1.54, 1.807) is 12.1 Å². The Balaban J connectivity index is 1.29. The second kappa shape index (κ2) is 8.81. The molecule has 1 aromatic heterocycles. The van der Waals surface area contributed by atoms with Gasteiger partial charge in [0.25, 0.3) is 0 Å². The normalized spacial score (nSPS) is 24.0. The molecule has 1 N–H and O–H groups in total. The number of nitrogens with zero attached hydrogens (tertiary/aromatic N) is 3. The lowest BCUT2D eigenvalue weighted by atomic mass is 9.98. The highest BCUT2D eigenvalue weighted by Gasteiger charge is 2.29. The molecule has 30 heavy (non-hydrogen) atoms. The highest BCUT2D eigenvalue weighted by molar-refractivity contribution is 7.91. The summed E-state index contributed by atoms with van der Waals surface area (Å²) in [6, 6.07) is 5.93. The van der Waals surface area contributed by atoms with Crippen LogP contribution < -0.4 is 5.32 Å². The van der Waals surface area contributed by atoms with Gasteiger partial charge in [-0.15, -0.1) is 0 Å². The Kier molecular flexibility index (Phi) is 6.14. The van der Waals surface area contributed by atoms with Gasteiger partial charge in [0.2, 0.25) is 17.6 Å². The lowest BCUT2D eigenvalue weighted by Crippen LogP contribution is -2.43. The van der Waals surface area contributed by atoms with E-state index >= 15 is 0 Å². The summed E-state index contributed by atoms with van der Waals surface area (Å²) in [6.07, 6.45) is 2.41. The minimum atomic E-state index is -2.93. The third-order valence-electron chi connectivity index (χ3n) is 5.68. The minimum absolute atomic E-state index is 0.0105. The molecular formula is C20H25FN4O4S. The molecule has 2 aromatic rings. The smallest absolute Gasteiger partial charge is 0.234 e. The van der Waals surface area contributed by atoms with Crippen LogP contribution in [0.1, 0.15) is 31.1 Å². The monoisotopic (exact) mass is 436 g/mol. The zero-order chi connectivity index (χ0) is 21.1. The van der Waals surface area contributed by atoms with E-state index in [2.05, 4.69) is 20.4 Å². The van der Waals surface area contributed by atoms with Gasteiger partial charge in [-0.05, 0) is 56.0 Å². The summed E-state index contributed by atoms with van der Waals surface area (Å²) in [4.78, 5) is 18.8. The molecule has 0 bridgehead atoms. The fraction of sp³-hybridized carbons (Fsp3) is 0.550. The van der Waals surface area contributed by atoms with Gasteiger partial charge in [-0.2, -0.15) is 4.98 Å². The van der Waals surface area contributed by atoms with Crippen LogP contribution in [-0.2, 0) is 14.6 Å². The molecule has 1 aromatic carbocycles. The summed E-state index contributed by atoms with van der Waals surface area (Å²) in [6.45, 7) is 2.10. The van der Waals surface area contributed by atoms with E-state index in [4.69, 9.17) is 4.52 Å². The van der Waals surface area contributed by atoms with Gasteiger partial charge in [0, 0.05) is 18.7 Å². The predicted molar refractivity (Wildman–Crippen MR) is 108 cm³/mol. The molecule has 0 saturated carbocycles. The Morgan fingerprint density at radius 3 is 2.80 bits per heavy atom. The molecule has 2 aliphatic rings. The number of sulfone groups is 1. The molecule has 2 saturated heterocycles. The molecule has 8 nitrogen and oxygen atoms in total. The highest BCUT2D eigenvalue weighted by Crippen LogP contribution is 2.27. The van der Waals surface area contributed by atoms with Gasteiger partial charge >= 0.3 is 0 Å². The molecular weight excluding hydrogens is 411 g/mol. The molecule has 2 fully saturated rings. The molecule has 0 aliphatic carbocycles. The first-order valence-electron chi connectivity index (χ1n) is 10.2. The highest BCUT2D eigenvalue weighted by atomic mass is 32.2. The minimum Gasteiger partial charge on any atom is -0.355 e. The Morgan fingerprint density at radius 1 is 1.27 bits per heavy atom. The van der Waals surface area contributed by atoms with Crippen LogP contribution in [-0.4, -0.2) is 67.1 Å². The van der Waals surface area contributed by atoms with Crippen molar-refractivity contribution in [3.05, 3.63) is 36.0 Å². The van der Waals surface area contributed by atoms with Crippen molar-refractivity contribution in [2.45, 2.75) is 25.2 Å². The van der Waals surface area contributed by atoms with Crippen LogP contribution >= 0.6 is 0 Å². The number of hydrogen-bond donors (Lipinski definition) is 1. The number of likely N-dealkylation sites (tertiary alicyclic amines) is 1. The molecule has 162 valence electrons.